The Hall–Kier alpha value is -3.75. The van der Waals surface area contributed by atoms with Gasteiger partial charge in [-0.1, -0.05) is 96.9 Å². The Kier molecular flexibility index (Phi) is 16.1. The van der Waals surface area contributed by atoms with Crippen molar-refractivity contribution in [1.82, 2.24) is 10.6 Å². The SMILES string of the molecule is CCOC(=O)C1CC([C@@H](NC(=O)[C@H](C)C[C@H](O[Si](C)(C)C(C)(C)C)[C@H](CC(C)C)NC(=O)c2cccc(N(C)S(=O)(=O)Cc3ccccc3)c2)C(C)C)=NO1. The van der Waals surface area contributed by atoms with E-state index in [1.165, 1.54) is 11.4 Å². The number of anilines is 1. The molecule has 5 atom stereocenters. The minimum Gasteiger partial charge on any atom is -0.463 e. The Morgan fingerprint density at radius 2 is 1.64 bits per heavy atom. The van der Waals surface area contributed by atoms with E-state index in [4.69, 9.17) is 14.0 Å². The molecule has 55 heavy (non-hydrogen) atoms. The fourth-order valence-corrected chi connectivity index (χ4v) is 8.74. The molecule has 1 aliphatic rings. The number of sulfonamides is 1. The third-order valence-electron chi connectivity index (χ3n) is 10.4. The summed E-state index contributed by atoms with van der Waals surface area (Å²) in [6.07, 6.45) is -0.208. The van der Waals surface area contributed by atoms with E-state index >= 15 is 0 Å². The number of rotatable bonds is 19. The first kappa shape index (κ1) is 45.6. The molecule has 0 spiro atoms. The van der Waals surface area contributed by atoms with Gasteiger partial charge in [-0.05, 0) is 73.5 Å². The second-order valence-corrected chi connectivity index (χ2v) is 23.6. The molecule has 2 aromatic rings. The standard InChI is InChI=1S/C41H64N4O8SSi/c1-13-51-40(48)36-25-34(44-52-36)37(28(4)5)43-38(46)29(6)23-35(53-55(11,12)41(7,8)9)33(22-27(2)3)42-39(47)31-20-17-21-32(24-31)45(10)54(49,50)26-30-18-15-14-16-19-30/h14-21,24,27-29,33,35-37H,13,22-23,25-26H2,1-12H3,(H,42,47)(H,43,46)/t29-,33+,35+,36?,37+/m1/s1. The third kappa shape index (κ3) is 12.9. The van der Waals surface area contributed by atoms with Gasteiger partial charge in [0.1, 0.15) is 0 Å². The lowest BCUT2D eigenvalue weighted by Crippen LogP contribution is -2.53. The van der Waals surface area contributed by atoms with E-state index in [-0.39, 0.29) is 47.5 Å². The third-order valence-corrected chi connectivity index (χ3v) is 16.7. The van der Waals surface area contributed by atoms with E-state index < -0.39 is 54.5 Å². The van der Waals surface area contributed by atoms with Crippen LogP contribution >= 0.6 is 0 Å². The van der Waals surface area contributed by atoms with Gasteiger partial charge in [-0.15, -0.1) is 0 Å². The average Bonchev–Trinajstić information content (AvgIpc) is 3.59. The predicted molar refractivity (Wildman–Crippen MR) is 221 cm³/mol. The maximum absolute atomic E-state index is 14.1. The quantitative estimate of drug-likeness (QED) is 0.113. The summed E-state index contributed by atoms with van der Waals surface area (Å²) in [5.41, 5.74) is 1.92. The van der Waals surface area contributed by atoms with E-state index in [0.717, 1.165) is 0 Å². The van der Waals surface area contributed by atoms with Gasteiger partial charge in [0.2, 0.25) is 22.0 Å². The van der Waals surface area contributed by atoms with Crippen LogP contribution in [0.2, 0.25) is 18.1 Å². The fraction of sp³-hybridized carbons (Fsp3) is 0.610. The largest absolute Gasteiger partial charge is 0.463 e. The molecule has 0 fully saturated rings. The van der Waals surface area contributed by atoms with Gasteiger partial charge in [0.25, 0.3) is 5.91 Å². The molecule has 0 bridgehead atoms. The van der Waals surface area contributed by atoms with Crippen LogP contribution in [-0.2, 0) is 39.4 Å². The molecular weight excluding hydrogens is 737 g/mol. The second-order valence-electron chi connectivity index (χ2n) is 16.9. The van der Waals surface area contributed by atoms with Crippen LogP contribution in [0.4, 0.5) is 5.69 Å². The Morgan fingerprint density at radius 1 is 0.982 bits per heavy atom. The lowest BCUT2D eigenvalue weighted by Gasteiger charge is -2.42. The van der Waals surface area contributed by atoms with Crippen molar-refractivity contribution < 1.29 is 36.8 Å². The van der Waals surface area contributed by atoms with Crippen LogP contribution in [0.3, 0.4) is 0 Å². The topological polar surface area (TPSA) is 153 Å². The zero-order valence-electron chi connectivity index (χ0n) is 34.8. The Morgan fingerprint density at radius 3 is 2.22 bits per heavy atom. The first-order chi connectivity index (χ1) is 25.6. The van der Waals surface area contributed by atoms with E-state index in [1.54, 1.807) is 55.5 Å². The van der Waals surface area contributed by atoms with Crippen molar-refractivity contribution in [1.29, 1.82) is 0 Å². The first-order valence-corrected chi connectivity index (χ1v) is 23.9. The fourth-order valence-electron chi connectivity index (χ4n) is 6.13. The van der Waals surface area contributed by atoms with Crippen molar-refractivity contribution in [3.05, 3.63) is 65.7 Å². The number of esters is 1. The van der Waals surface area contributed by atoms with Gasteiger partial charge >= 0.3 is 5.97 Å². The molecule has 0 saturated carbocycles. The summed E-state index contributed by atoms with van der Waals surface area (Å²) in [5, 5.41) is 10.4. The maximum Gasteiger partial charge on any atom is 0.350 e. The summed E-state index contributed by atoms with van der Waals surface area (Å²) >= 11 is 0. The molecule has 0 saturated heterocycles. The van der Waals surface area contributed by atoms with E-state index in [0.29, 0.717) is 35.4 Å². The number of ether oxygens (including phenoxy) is 1. The molecule has 2 amide bonds. The summed E-state index contributed by atoms with van der Waals surface area (Å²) in [6.45, 7) is 22.7. The van der Waals surface area contributed by atoms with E-state index in [2.05, 4.69) is 63.5 Å². The van der Waals surface area contributed by atoms with Crippen LogP contribution in [0, 0.1) is 17.8 Å². The molecule has 1 heterocycles. The van der Waals surface area contributed by atoms with Gasteiger partial charge in [-0.2, -0.15) is 0 Å². The maximum atomic E-state index is 14.1. The molecule has 1 unspecified atom stereocenters. The van der Waals surface area contributed by atoms with Crippen LogP contribution in [0.25, 0.3) is 0 Å². The number of carbonyl (C=O) groups is 3. The van der Waals surface area contributed by atoms with E-state index in [9.17, 15) is 22.8 Å². The minimum absolute atomic E-state index is 0.0326. The molecule has 3 rings (SSSR count). The minimum atomic E-state index is -3.73. The summed E-state index contributed by atoms with van der Waals surface area (Å²) in [4.78, 5) is 45.7. The van der Waals surface area contributed by atoms with Crippen LogP contribution < -0.4 is 14.9 Å². The Labute approximate surface area is 330 Å². The van der Waals surface area contributed by atoms with Gasteiger partial charge in [-0.3, -0.25) is 13.9 Å². The molecule has 14 heteroatoms. The molecule has 0 radical (unpaired) electrons. The van der Waals surface area contributed by atoms with Crippen molar-refractivity contribution in [3.8, 4) is 0 Å². The highest BCUT2D eigenvalue weighted by molar-refractivity contribution is 7.92. The Balaban J connectivity index is 1.87. The van der Waals surface area contributed by atoms with Crippen molar-refractivity contribution >= 4 is 47.5 Å². The van der Waals surface area contributed by atoms with E-state index in [1.807, 2.05) is 26.8 Å². The average molecular weight is 801 g/mol. The molecule has 0 aliphatic carbocycles. The lowest BCUT2D eigenvalue weighted by molar-refractivity contribution is -0.154. The van der Waals surface area contributed by atoms with Crippen LogP contribution in [-0.4, -0.2) is 78.2 Å². The predicted octanol–water partition coefficient (Wildman–Crippen LogP) is 7.06. The number of carbonyl (C=O) groups excluding carboxylic acids is 3. The lowest BCUT2D eigenvalue weighted by atomic mass is 9.91. The van der Waals surface area contributed by atoms with Gasteiger partial charge in [0, 0.05) is 24.9 Å². The highest BCUT2D eigenvalue weighted by atomic mass is 32.2. The molecule has 2 N–H and O–H groups in total. The summed E-state index contributed by atoms with van der Waals surface area (Å²) in [6, 6.07) is 14.6. The highest BCUT2D eigenvalue weighted by Crippen LogP contribution is 2.39. The van der Waals surface area contributed by atoms with Gasteiger partial charge in [-0.25, -0.2) is 13.2 Å². The monoisotopic (exact) mass is 800 g/mol. The molecule has 12 nitrogen and oxygen atoms in total. The smallest absolute Gasteiger partial charge is 0.350 e. The number of amides is 2. The number of nitrogens with zero attached hydrogens (tertiary/aromatic N) is 2. The summed E-state index contributed by atoms with van der Waals surface area (Å²) < 4.78 is 40.0. The van der Waals surface area contributed by atoms with Gasteiger partial charge in [0.15, 0.2) is 8.32 Å². The van der Waals surface area contributed by atoms with Crippen molar-refractivity contribution in [2.24, 2.45) is 22.9 Å². The van der Waals surface area contributed by atoms with Crippen LogP contribution in [0.1, 0.15) is 97.5 Å². The zero-order chi connectivity index (χ0) is 41.3. The Bertz CT molecular complexity index is 1740. The molecule has 1 aliphatic heterocycles. The second kappa shape index (κ2) is 19.4. The molecular formula is C41H64N4O8SSi. The van der Waals surface area contributed by atoms with Crippen molar-refractivity contribution in [2.45, 2.75) is 130 Å². The zero-order valence-corrected chi connectivity index (χ0v) is 36.7. The number of oxime groups is 1. The first-order valence-electron chi connectivity index (χ1n) is 19.3. The highest BCUT2D eigenvalue weighted by Gasteiger charge is 2.42. The summed E-state index contributed by atoms with van der Waals surface area (Å²) in [5.74, 6) is -1.60. The number of benzene rings is 2. The van der Waals surface area contributed by atoms with Crippen molar-refractivity contribution in [3.63, 3.8) is 0 Å². The van der Waals surface area contributed by atoms with Gasteiger partial charge in [0.05, 0.1) is 41.9 Å². The van der Waals surface area contributed by atoms with Gasteiger partial charge < -0.3 is 24.6 Å². The number of nitrogens with one attached hydrogen (secondary N) is 2. The molecule has 306 valence electrons. The number of hydrogen-bond donors (Lipinski definition) is 2. The van der Waals surface area contributed by atoms with Crippen molar-refractivity contribution in [2.75, 3.05) is 18.0 Å². The van der Waals surface area contributed by atoms with Crippen LogP contribution in [0.5, 0.6) is 0 Å². The number of hydrogen-bond acceptors (Lipinski definition) is 9. The normalized spacial score (nSPS) is 17.1. The molecule has 0 aromatic heterocycles. The summed E-state index contributed by atoms with van der Waals surface area (Å²) in [7, 11) is -4.67. The molecule has 2 aromatic carbocycles. The van der Waals surface area contributed by atoms with Crippen LogP contribution in [0.15, 0.2) is 59.8 Å².